The summed E-state index contributed by atoms with van der Waals surface area (Å²) in [5.41, 5.74) is 0.481. The number of carbonyl (C=O) groups excluding carboxylic acids is 2. The SMILES string of the molecule is COC(=O)C[C@H]1CC[C@@H]2O[C@@H](OC(=O)c3ccccc3)C=C[C@H]2O1. The Balaban J connectivity index is 1.55. The molecule has 0 unspecified atom stereocenters. The lowest BCUT2D eigenvalue weighted by Gasteiger charge is -2.38. The maximum Gasteiger partial charge on any atom is 0.340 e. The number of fused-ring (bicyclic) bond motifs is 1. The third-order valence-corrected chi connectivity index (χ3v) is 4.11. The molecular weight excluding hydrogens is 312 g/mol. The second kappa shape index (κ2) is 7.59. The zero-order chi connectivity index (χ0) is 16.9. The summed E-state index contributed by atoms with van der Waals surface area (Å²) in [6.45, 7) is 0. The number of hydrogen-bond donors (Lipinski definition) is 0. The van der Waals surface area contributed by atoms with E-state index in [1.54, 1.807) is 30.3 Å². The summed E-state index contributed by atoms with van der Waals surface area (Å²) in [5.74, 6) is -0.710. The molecule has 0 saturated carbocycles. The predicted octanol–water partition coefficient (Wildman–Crippen LogP) is 2.24. The van der Waals surface area contributed by atoms with Crippen LogP contribution in [0.15, 0.2) is 42.5 Å². The Hall–Kier alpha value is -2.18. The van der Waals surface area contributed by atoms with Crippen LogP contribution in [-0.4, -0.2) is 43.7 Å². The fraction of sp³-hybridized carbons (Fsp3) is 0.444. The molecule has 128 valence electrons. The van der Waals surface area contributed by atoms with Gasteiger partial charge in [-0.3, -0.25) is 4.79 Å². The van der Waals surface area contributed by atoms with Gasteiger partial charge in [0.25, 0.3) is 0 Å². The Morgan fingerprint density at radius 3 is 2.67 bits per heavy atom. The summed E-state index contributed by atoms with van der Waals surface area (Å²) in [4.78, 5) is 23.4. The number of carbonyl (C=O) groups is 2. The van der Waals surface area contributed by atoms with Crippen LogP contribution in [0.5, 0.6) is 0 Å². The second-order valence-corrected chi connectivity index (χ2v) is 5.78. The quantitative estimate of drug-likeness (QED) is 0.622. The lowest BCUT2D eigenvalue weighted by atomic mass is 9.97. The first kappa shape index (κ1) is 16.7. The maximum atomic E-state index is 12.1. The summed E-state index contributed by atoms with van der Waals surface area (Å²) in [6.07, 6.45) is 3.86. The number of hydrogen-bond acceptors (Lipinski definition) is 6. The van der Waals surface area contributed by atoms with Crippen molar-refractivity contribution in [2.24, 2.45) is 0 Å². The monoisotopic (exact) mass is 332 g/mol. The molecule has 3 rings (SSSR count). The van der Waals surface area contributed by atoms with Crippen LogP contribution >= 0.6 is 0 Å². The van der Waals surface area contributed by atoms with Crippen molar-refractivity contribution in [1.82, 2.24) is 0 Å². The van der Waals surface area contributed by atoms with Gasteiger partial charge in [0.05, 0.1) is 31.3 Å². The Kier molecular flexibility index (Phi) is 5.27. The van der Waals surface area contributed by atoms with Crippen molar-refractivity contribution in [3.63, 3.8) is 0 Å². The molecule has 4 atom stereocenters. The second-order valence-electron chi connectivity index (χ2n) is 5.78. The van der Waals surface area contributed by atoms with Crippen LogP contribution in [0.3, 0.4) is 0 Å². The van der Waals surface area contributed by atoms with Crippen molar-refractivity contribution >= 4 is 11.9 Å². The molecule has 0 aromatic heterocycles. The van der Waals surface area contributed by atoms with E-state index in [1.807, 2.05) is 12.1 Å². The van der Waals surface area contributed by atoms with E-state index < -0.39 is 12.3 Å². The van der Waals surface area contributed by atoms with Gasteiger partial charge in [0.2, 0.25) is 6.29 Å². The average Bonchev–Trinajstić information content (AvgIpc) is 2.62. The van der Waals surface area contributed by atoms with E-state index in [4.69, 9.17) is 14.2 Å². The van der Waals surface area contributed by atoms with Crippen LogP contribution in [0, 0.1) is 0 Å². The van der Waals surface area contributed by atoms with Crippen molar-refractivity contribution in [3.05, 3.63) is 48.0 Å². The molecule has 1 fully saturated rings. The van der Waals surface area contributed by atoms with Gasteiger partial charge in [-0.15, -0.1) is 0 Å². The highest BCUT2D eigenvalue weighted by molar-refractivity contribution is 5.89. The largest absolute Gasteiger partial charge is 0.469 e. The third kappa shape index (κ3) is 4.01. The predicted molar refractivity (Wildman–Crippen MR) is 84.2 cm³/mol. The molecule has 24 heavy (non-hydrogen) atoms. The average molecular weight is 332 g/mol. The summed E-state index contributed by atoms with van der Waals surface area (Å²) in [5, 5.41) is 0. The highest BCUT2D eigenvalue weighted by Gasteiger charge is 2.36. The Labute approximate surface area is 140 Å². The van der Waals surface area contributed by atoms with Gasteiger partial charge in [-0.25, -0.2) is 4.79 Å². The Morgan fingerprint density at radius 1 is 1.12 bits per heavy atom. The maximum absolute atomic E-state index is 12.1. The van der Waals surface area contributed by atoms with Crippen molar-refractivity contribution in [3.8, 4) is 0 Å². The van der Waals surface area contributed by atoms with Gasteiger partial charge in [-0.2, -0.15) is 0 Å². The van der Waals surface area contributed by atoms with E-state index in [0.29, 0.717) is 12.0 Å². The number of benzene rings is 1. The normalized spacial score (nSPS) is 28.7. The van der Waals surface area contributed by atoms with Crippen molar-refractivity contribution in [2.75, 3.05) is 7.11 Å². The van der Waals surface area contributed by atoms with Crippen molar-refractivity contribution in [1.29, 1.82) is 0 Å². The van der Waals surface area contributed by atoms with Crippen LogP contribution in [0.2, 0.25) is 0 Å². The first-order valence-corrected chi connectivity index (χ1v) is 7.98. The lowest BCUT2D eigenvalue weighted by molar-refractivity contribution is -0.191. The smallest absolute Gasteiger partial charge is 0.340 e. The van der Waals surface area contributed by atoms with E-state index >= 15 is 0 Å². The summed E-state index contributed by atoms with van der Waals surface area (Å²) < 4.78 is 21.7. The van der Waals surface area contributed by atoms with Crippen LogP contribution in [0.1, 0.15) is 29.6 Å². The van der Waals surface area contributed by atoms with E-state index in [0.717, 1.165) is 6.42 Å². The topological polar surface area (TPSA) is 71.1 Å². The standard InChI is InChI=1S/C18H20O6/c1-21-16(19)11-13-7-8-15-14(22-13)9-10-17(23-15)24-18(20)12-5-3-2-4-6-12/h2-6,9-10,13-15,17H,7-8,11H2,1H3/t13-,14-,15+,17+/m1/s1. The van der Waals surface area contributed by atoms with E-state index in [9.17, 15) is 9.59 Å². The Bertz CT molecular complexity index is 611. The van der Waals surface area contributed by atoms with Crippen LogP contribution < -0.4 is 0 Å². The molecule has 0 N–H and O–H groups in total. The molecule has 6 nitrogen and oxygen atoms in total. The first-order valence-electron chi connectivity index (χ1n) is 7.98. The number of esters is 2. The van der Waals surface area contributed by atoms with Gasteiger partial charge in [0, 0.05) is 0 Å². The highest BCUT2D eigenvalue weighted by atomic mass is 16.7. The molecule has 2 heterocycles. The highest BCUT2D eigenvalue weighted by Crippen LogP contribution is 2.29. The van der Waals surface area contributed by atoms with Gasteiger partial charge in [0.15, 0.2) is 0 Å². The zero-order valence-corrected chi connectivity index (χ0v) is 13.4. The van der Waals surface area contributed by atoms with E-state index in [1.165, 1.54) is 7.11 Å². The summed E-state index contributed by atoms with van der Waals surface area (Å²) >= 11 is 0. The van der Waals surface area contributed by atoms with Gasteiger partial charge >= 0.3 is 11.9 Å². The molecule has 0 bridgehead atoms. The number of rotatable bonds is 4. The summed E-state index contributed by atoms with van der Waals surface area (Å²) in [6, 6.07) is 8.78. The molecule has 2 aliphatic rings. The minimum Gasteiger partial charge on any atom is -0.469 e. The molecule has 0 aliphatic carbocycles. The Morgan fingerprint density at radius 2 is 1.92 bits per heavy atom. The minimum atomic E-state index is -0.722. The summed E-state index contributed by atoms with van der Waals surface area (Å²) in [7, 11) is 1.36. The lowest BCUT2D eigenvalue weighted by Crippen LogP contribution is -2.44. The molecule has 6 heteroatoms. The van der Waals surface area contributed by atoms with Crippen LogP contribution in [-0.2, 0) is 23.7 Å². The minimum absolute atomic E-state index is 0.171. The molecule has 0 amide bonds. The molecule has 0 spiro atoms. The van der Waals surface area contributed by atoms with Gasteiger partial charge in [0.1, 0.15) is 6.10 Å². The number of ether oxygens (including phenoxy) is 4. The fourth-order valence-electron chi connectivity index (χ4n) is 2.86. The fourth-order valence-corrected chi connectivity index (χ4v) is 2.86. The van der Waals surface area contributed by atoms with Crippen LogP contribution in [0.4, 0.5) is 0 Å². The molecule has 2 aliphatic heterocycles. The zero-order valence-electron chi connectivity index (χ0n) is 13.4. The molecule has 0 radical (unpaired) electrons. The van der Waals surface area contributed by atoms with Crippen LogP contribution in [0.25, 0.3) is 0 Å². The van der Waals surface area contributed by atoms with E-state index in [2.05, 4.69) is 4.74 Å². The van der Waals surface area contributed by atoms with Crippen molar-refractivity contribution < 1.29 is 28.5 Å². The van der Waals surface area contributed by atoms with Gasteiger partial charge < -0.3 is 18.9 Å². The van der Waals surface area contributed by atoms with Crippen molar-refractivity contribution in [2.45, 2.75) is 43.9 Å². The molecular formula is C18H20O6. The number of methoxy groups -OCH3 is 1. The van der Waals surface area contributed by atoms with E-state index in [-0.39, 0.29) is 30.7 Å². The molecule has 1 aromatic rings. The van der Waals surface area contributed by atoms with Gasteiger partial charge in [-0.1, -0.05) is 24.3 Å². The third-order valence-electron chi connectivity index (χ3n) is 4.11. The first-order chi connectivity index (χ1) is 11.7. The van der Waals surface area contributed by atoms with Gasteiger partial charge in [-0.05, 0) is 31.1 Å². The molecule has 1 saturated heterocycles. The molecule has 1 aromatic carbocycles.